The molecule has 0 aromatic carbocycles. The molecule has 0 radical (unpaired) electrons. The Morgan fingerprint density at radius 1 is 1.17 bits per heavy atom. The normalized spacial score (nSPS) is 17.8. The van der Waals surface area contributed by atoms with E-state index in [0.717, 1.165) is 12.8 Å². The Morgan fingerprint density at radius 3 is 2.50 bits per heavy atom. The van der Waals surface area contributed by atoms with Crippen molar-refractivity contribution < 1.29 is 4.79 Å². The molecule has 18 heavy (non-hydrogen) atoms. The van der Waals surface area contributed by atoms with Crippen LogP contribution in [-0.2, 0) is 0 Å². The second-order valence-corrected chi connectivity index (χ2v) is 4.84. The van der Waals surface area contributed by atoms with Crippen molar-refractivity contribution in [2.45, 2.75) is 51.0 Å². The van der Waals surface area contributed by atoms with Gasteiger partial charge in [-0.3, -0.25) is 9.78 Å². The Balaban J connectivity index is 1.93. The largest absolute Gasteiger partial charge is 0.382 e. The van der Waals surface area contributed by atoms with E-state index < -0.39 is 0 Å². The lowest BCUT2D eigenvalue weighted by Gasteiger charge is -2.20. The van der Waals surface area contributed by atoms with Crippen LogP contribution in [0.5, 0.6) is 0 Å². The molecule has 1 amide bonds. The molecule has 5 heteroatoms. The van der Waals surface area contributed by atoms with E-state index in [4.69, 9.17) is 5.73 Å². The zero-order chi connectivity index (χ0) is 12.8. The van der Waals surface area contributed by atoms with Crippen LogP contribution < -0.4 is 11.1 Å². The fourth-order valence-corrected chi connectivity index (χ4v) is 2.35. The zero-order valence-electron chi connectivity index (χ0n) is 10.6. The molecular formula is C13H20N4O. The first-order valence-corrected chi connectivity index (χ1v) is 6.64. The second-order valence-electron chi connectivity index (χ2n) is 4.84. The van der Waals surface area contributed by atoms with Gasteiger partial charge in [0.2, 0.25) is 0 Å². The number of nitrogens with one attached hydrogen (secondary N) is 1. The predicted octanol–water partition coefficient (Wildman–Crippen LogP) is 1.90. The summed E-state index contributed by atoms with van der Waals surface area (Å²) >= 11 is 0. The monoisotopic (exact) mass is 248 g/mol. The average Bonchev–Trinajstić information content (AvgIpc) is 2.32. The molecule has 2 rings (SSSR count). The van der Waals surface area contributed by atoms with Gasteiger partial charge in [-0.15, -0.1) is 0 Å². The zero-order valence-corrected chi connectivity index (χ0v) is 10.6. The standard InChI is InChI=1S/C13H20N4O/c14-12-9-15-8-11(17-12)13(18)16-10-6-4-2-1-3-5-7-10/h8-10H,1-7H2,(H2,14,17)(H,16,18). The number of nitrogens with zero attached hydrogens (tertiary/aromatic N) is 2. The topological polar surface area (TPSA) is 80.9 Å². The molecule has 1 aliphatic carbocycles. The molecule has 0 aliphatic heterocycles. The van der Waals surface area contributed by atoms with Gasteiger partial charge in [0, 0.05) is 6.04 Å². The molecule has 1 aliphatic rings. The Labute approximate surface area is 107 Å². The number of amides is 1. The molecule has 98 valence electrons. The van der Waals surface area contributed by atoms with Crippen molar-refractivity contribution in [1.82, 2.24) is 15.3 Å². The summed E-state index contributed by atoms with van der Waals surface area (Å²) in [7, 11) is 0. The Bertz CT molecular complexity index is 400. The van der Waals surface area contributed by atoms with Crippen LogP contribution in [0.4, 0.5) is 5.82 Å². The molecule has 0 unspecified atom stereocenters. The molecule has 1 heterocycles. The summed E-state index contributed by atoms with van der Waals surface area (Å²) in [6, 6.07) is 0.265. The minimum Gasteiger partial charge on any atom is -0.382 e. The van der Waals surface area contributed by atoms with Crippen molar-refractivity contribution in [3.05, 3.63) is 18.1 Å². The van der Waals surface area contributed by atoms with Crippen LogP contribution in [0.2, 0.25) is 0 Å². The first-order chi connectivity index (χ1) is 8.75. The van der Waals surface area contributed by atoms with Crippen LogP contribution in [0.3, 0.4) is 0 Å². The van der Waals surface area contributed by atoms with E-state index in [1.165, 1.54) is 44.5 Å². The number of rotatable bonds is 2. The number of hydrogen-bond acceptors (Lipinski definition) is 4. The van der Waals surface area contributed by atoms with Gasteiger partial charge in [-0.25, -0.2) is 4.98 Å². The minimum atomic E-state index is -0.166. The summed E-state index contributed by atoms with van der Waals surface area (Å²) in [6.07, 6.45) is 11.2. The van der Waals surface area contributed by atoms with Crippen LogP contribution in [0.1, 0.15) is 55.4 Å². The van der Waals surface area contributed by atoms with Gasteiger partial charge < -0.3 is 11.1 Å². The molecule has 5 nitrogen and oxygen atoms in total. The maximum atomic E-state index is 12.0. The molecule has 1 aromatic heterocycles. The first-order valence-electron chi connectivity index (χ1n) is 6.64. The number of hydrogen-bond donors (Lipinski definition) is 2. The number of carbonyl (C=O) groups is 1. The summed E-state index contributed by atoms with van der Waals surface area (Å²) in [5.74, 6) is 0.112. The molecule has 1 saturated carbocycles. The summed E-state index contributed by atoms with van der Waals surface area (Å²) in [5, 5.41) is 3.03. The molecule has 0 spiro atoms. The van der Waals surface area contributed by atoms with E-state index in [2.05, 4.69) is 15.3 Å². The van der Waals surface area contributed by atoms with Crippen LogP contribution in [0, 0.1) is 0 Å². The number of nitrogens with two attached hydrogens (primary N) is 1. The fraction of sp³-hybridized carbons (Fsp3) is 0.615. The van der Waals surface area contributed by atoms with Gasteiger partial charge in [-0.2, -0.15) is 0 Å². The van der Waals surface area contributed by atoms with Crippen LogP contribution in [0.15, 0.2) is 12.4 Å². The third-order valence-corrected chi connectivity index (χ3v) is 3.33. The molecule has 1 aromatic rings. The van der Waals surface area contributed by atoms with Gasteiger partial charge in [0.05, 0.1) is 12.4 Å². The highest BCUT2D eigenvalue weighted by Crippen LogP contribution is 2.17. The first kappa shape index (κ1) is 12.8. The number of anilines is 1. The molecule has 0 atom stereocenters. The lowest BCUT2D eigenvalue weighted by Crippen LogP contribution is -2.35. The van der Waals surface area contributed by atoms with Crippen LogP contribution >= 0.6 is 0 Å². The fourth-order valence-electron chi connectivity index (χ4n) is 2.35. The van der Waals surface area contributed by atoms with Gasteiger partial charge in [0.25, 0.3) is 5.91 Å². The third-order valence-electron chi connectivity index (χ3n) is 3.33. The van der Waals surface area contributed by atoms with Crippen molar-refractivity contribution in [3.8, 4) is 0 Å². The number of carbonyl (C=O) groups excluding carboxylic acids is 1. The van der Waals surface area contributed by atoms with Crippen molar-refractivity contribution >= 4 is 11.7 Å². The molecular weight excluding hydrogens is 228 g/mol. The summed E-state index contributed by atoms with van der Waals surface area (Å²) in [5.41, 5.74) is 5.82. The SMILES string of the molecule is Nc1cncc(C(=O)NC2CCCCCCC2)n1. The molecule has 3 N–H and O–H groups in total. The Morgan fingerprint density at radius 2 is 1.83 bits per heavy atom. The lowest BCUT2D eigenvalue weighted by molar-refractivity contribution is 0.0925. The van der Waals surface area contributed by atoms with E-state index in [-0.39, 0.29) is 17.8 Å². The van der Waals surface area contributed by atoms with E-state index >= 15 is 0 Å². The number of nitrogen functional groups attached to an aromatic ring is 1. The van der Waals surface area contributed by atoms with Gasteiger partial charge in [-0.05, 0) is 12.8 Å². The quantitative estimate of drug-likeness (QED) is 0.837. The van der Waals surface area contributed by atoms with E-state index in [0.29, 0.717) is 5.69 Å². The van der Waals surface area contributed by atoms with E-state index in [9.17, 15) is 4.79 Å². The highest BCUT2D eigenvalue weighted by atomic mass is 16.1. The summed E-state index contributed by atoms with van der Waals surface area (Å²) in [4.78, 5) is 19.9. The third kappa shape index (κ3) is 3.68. The minimum absolute atomic E-state index is 0.166. The highest BCUT2D eigenvalue weighted by Gasteiger charge is 2.16. The average molecular weight is 248 g/mol. The van der Waals surface area contributed by atoms with E-state index in [1.807, 2.05) is 0 Å². The Hall–Kier alpha value is -1.65. The van der Waals surface area contributed by atoms with Crippen molar-refractivity contribution in [2.75, 3.05) is 5.73 Å². The summed E-state index contributed by atoms with van der Waals surface area (Å²) in [6.45, 7) is 0. The second kappa shape index (κ2) is 6.33. The molecule has 1 fully saturated rings. The maximum absolute atomic E-state index is 12.0. The number of aromatic nitrogens is 2. The van der Waals surface area contributed by atoms with Gasteiger partial charge in [0.1, 0.15) is 11.5 Å². The lowest BCUT2D eigenvalue weighted by atomic mass is 9.96. The van der Waals surface area contributed by atoms with Crippen LogP contribution in [-0.4, -0.2) is 21.9 Å². The van der Waals surface area contributed by atoms with Crippen LogP contribution in [0.25, 0.3) is 0 Å². The Kier molecular flexibility index (Phi) is 4.50. The van der Waals surface area contributed by atoms with Gasteiger partial charge in [0.15, 0.2) is 0 Å². The maximum Gasteiger partial charge on any atom is 0.271 e. The smallest absolute Gasteiger partial charge is 0.271 e. The molecule has 0 saturated heterocycles. The van der Waals surface area contributed by atoms with Crippen molar-refractivity contribution in [2.24, 2.45) is 0 Å². The molecule has 0 bridgehead atoms. The highest BCUT2D eigenvalue weighted by molar-refractivity contribution is 5.92. The summed E-state index contributed by atoms with van der Waals surface area (Å²) < 4.78 is 0. The predicted molar refractivity (Wildman–Crippen MR) is 70.0 cm³/mol. The van der Waals surface area contributed by atoms with Gasteiger partial charge in [-0.1, -0.05) is 32.1 Å². The van der Waals surface area contributed by atoms with Crippen molar-refractivity contribution in [1.29, 1.82) is 0 Å². The van der Waals surface area contributed by atoms with Gasteiger partial charge >= 0.3 is 0 Å². The van der Waals surface area contributed by atoms with Crippen molar-refractivity contribution in [3.63, 3.8) is 0 Å². The van der Waals surface area contributed by atoms with E-state index in [1.54, 1.807) is 0 Å².